The molecule has 1 saturated heterocycles. The summed E-state index contributed by atoms with van der Waals surface area (Å²) in [6, 6.07) is 0. The van der Waals surface area contributed by atoms with E-state index in [4.69, 9.17) is 4.74 Å². The Morgan fingerprint density at radius 2 is 2.21 bits per heavy atom. The number of piperidine rings is 1. The number of carbonyl (C=O) groups excluding carboxylic acids is 1. The van der Waals surface area contributed by atoms with Crippen LogP contribution in [0.15, 0.2) is 24.8 Å². The first-order valence-corrected chi connectivity index (χ1v) is 9.57. The van der Waals surface area contributed by atoms with Crippen molar-refractivity contribution in [2.75, 3.05) is 18.5 Å². The first-order valence-electron chi connectivity index (χ1n) is 9.57. The predicted octanol–water partition coefficient (Wildman–Crippen LogP) is 2.47. The third-order valence-electron chi connectivity index (χ3n) is 4.91. The van der Waals surface area contributed by atoms with E-state index in [9.17, 15) is 9.18 Å². The van der Waals surface area contributed by atoms with Gasteiger partial charge in [-0.15, -0.1) is 0 Å². The Balaban J connectivity index is 1.52. The number of aromatic nitrogens is 6. The number of hydrogen-bond acceptors (Lipinski definition) is 7. The van der Waals surface area contributed by atoms with Crippen LogP contribution in [-0.2, 0) is 18.3 Å². The number of likely N-dealkylation sites (tertiary alicyclic amines) is 1. The van der Waals surface area contributed by atoms with E-state index in [1.165, 1.54) is 0 Å². The average Bonchev–Trinajstić information content (AvgIpc) is 3.29. The highest BCUT2D eigenvalue weighted by molar-refractivity contribution is 5.75. The molecule has 0 saturated carbocycles. The molecule has 1 aliphatic rings. The summed E-state index contributed by atoms with van der Waals surface area (Å²) in [6.07, 6.45) is 6.15. The van der Waals surface area contributed by atoms with Gasteiger partial charge < -0.3 is 10.1 Å². The standard InChI is InChI=1S/C18H23FN8O2/c1-3-29-18(28)26-6-4-5-12(15(26)19)10-27-16-13(8-22-27)7-20-17(24-16)23-14-9-21-25(2)11-14/h7-9,11-12,15H,3-6,10H2,1-2H3,(H,20,23,24). The number of rotatable bonds is 5. The Bertz CT molecular complexity index is 1000. The van der Waals surface area contributed by atoms with E-state index in [-0.39, 0.29) is 12.5 Å². The second-order valence-electron chi connectivity index (χ2n) is 6.99. The fourth-order valence-corrected chi connectivity index (χ4v) is 3.51. The topological polar surface area (TPSA) is 103 Å². The molecule has 2 atom stereocenters. The first kappa shape index (κ1) is 19.1. The Morgan fingerprint density at radius 3 is 2.97 bits per heavy atom. The summed E-state index contributed by atoms with van der Waals surface area (Å²) in [4.78, 5) is 22.0. The molecule has 3 aromatic heterocycles. The van der Waals surface area contributed by atoms with Crippen molar-refractivity contribution >= 4 is 28.8 Å². The van der Waals surface area contributed by atoms with Crippen LogP contribution in [0.1, 0.15) is 19.8 Å². The average molecular weight is 402 g/mol. The Hall–Kier alpha value is -3.24. The van der Waals surface area contributed by atoms with Crippen LogP contribution in [0.4, 0.5) is 20.8 Å². The molecule has 1 amide bonds. The first-order chi connectivity index (χ1) is 14.0. The van der Waals surface area contributed by atoms with Crippen LogP contribution in [0.5, 0.6) is 0 Å². The molecule has 4 rings (SSSR count). The smallest absolute Gasteiger partial charge is 0.412 e. The van der Waals surface area contributed by atoms with Crippen molar-refractivity contribution in [1.29, 1.82) is 0 Å². The van der Waals surface area contributed by atoms with Crippen LogP contribution >= 0.6 is 0 Å². The van der Waals surface area contributed by atoms with E-state index in [0.717, 1.165) is 16.0 Å². The molecule has 0 radical (unpaired) electrons. The molecular weight excluding hydrogens is 379 g/mol. The van der Waals surface area contributed by atoms with Crippen LogP contribution in [0.2, 0.25) is 0 Å². The van der Waals surface area contributed by atoms with Gasteiger partial charge in [-0.3, -0.25) is 9.58 Å². The highest BCUT2D eigenvalue weighted by atomic mass is 19.1. The molecule has 0 bridgehead atoms. The molecule has 154 valence electrons. The zero-order chi connectivity index (χ0) is 20.4. The predicted molar refractivity (Wildman–Crippen MR) is 103 cm³/mol. The number of amides is 1. The van der Waals surface area contributed by atoms with E-state index in [2.05, 4.69) is 25.5 Å². The van der Waals surface area contributed by atoms with E-state index in [0.29, 0.717) is 37.5 Å². The molecule has 0 aliphatic carbocycles. The van der Waals surface area contributed by atoms with Crippen LogP contribution in [0, 0.1) is 5.92 Å². The minimum Gasteiger partial charge on any atom is -0.450 e. The lowest BCUT2D eigenvalue weighted by Crippen LogP contribution is -2.47. The lowest BCUT2D eigenvalue weighted by molar-refractivity contribution is -0.00950. The van der Waals surface area contributed by atoms with Gasteiger partial charge in [0.1, 0.15) is 0 Å². The van der Waals surface area contributed by atoms with Crippen LogP contribution in [-0.4, -0.2) is 60.0 Å². The van der Waals surface area contributed by atoms with Gasteiger partial charge in [0.2, 0.25) is 5.95 Å². The van der Waals surface area contributed by atoms with Gasteiger partial charge in [-0.05, 0) is 19.8 Å². The van der Waals surface area contributed by atoms with E-state index < -0.39 is 12.4 Å². The zero-order valence-corrected chi connectivity index (χ0v) is 16.3. The van der Waals surface area contributed by atoms with Gasteiger partial charge >= 0.3 is 6.09 Å². The number of nitrogens with one attached hydrogen (secondary N) is 1. The Morgan fingerprint density at radius 1 is 1.34 bits per heavy atom. The summed E-state index contributed by atoms with van der Waals surface area (Å²) in [5.41, 5.74) is 1.37. The molecule has 0 spiro atoms. The molecule has 2 unspecified atom stereocenters. The number of nitrogens with zero attached hydrogens (tertiary/aromatic N) is 7. The minimum absolute atomic E-state index is 0.222. The number of anilines is 2. The van der Waals surface area contributed by atoms with Crippen molar-refractivity contribution in [3.05, 3.63) is 24.8 Å². The summed E-state index contributed by atoms with van der Waals surface area (Å²) in [5, 5.41) is 12.3. The zero-order valence-electron chi connectivity index (χ0n) is 16.3. The van der Waals surface area contributed by atoms with Gasteiger partial charge in [-0.1, -0.05) is 0 Å². The van der Waals surface area contributed by atoms with Crippen molar-refractivity contribution < 1.29 is 13.9 Å². The van der Waals surface area contributed by atoms with E-state index in [1.807, 2.05) is 13.2 Å². The van der Waals surface area contributed by atoms with Gasteiger partial charge in [0, 0.05) is 31.9 Å². The van der Waals surface area contributed by atoms with Crippen molar-refractivity contribution in [1.82, 2.24) is 34.4 Å². The summed E-state index contributed by atoms with van der Waals surface area (Å²) in [7, 11) is 1.82. The van der Waals surface area contributed by atoms with Crippen molar-refractivity contribution in [2.45, 2.75) is 32.6 Å². The highest BCUT2D eigenvalue weighted by Gasteiger charge is 2.35. The van der Waals surface area contributed by atoms with Crippen LogP contribution < -0.4 is 5.32 Å². The largest absolute Gasteiger partial charge is 0.450 e. The second-order valence-corrected chi connectivity index (χ2v) is 6.99. The molecule has 29 heavy (non-hydrogen) atoms. The molecular formula is C18H23FN8O2. The van der Waals surface area contributed by atoms with Crippen LogP contribution in [0.3, 0.4) is 0 Å². The van der Waals surface area contributed by atoms with Crippen molar-refractivity contribution in [3.63, 3.8) is 0 Å². The summed E-state index contributed by atoms with van der Waals surface area (Å²) < 4.78 is 23.3. The molecule has 1 fully saturated rings. The summed E-state index contributed by atoms with van der Waals surface area (Å²) in [6.45, 7) is 2.60. The Labute approximate surface area is 166 Å². The molecule has 0 aromatic carbocycles. The maximum Gasteiger partial charge on any atom is 0.412 e. The number of hydrogen-bond donors (Lipinski definition) is 1. The highest BCUT2D eigenvalue weighted by Crippen LogP contribution is 2.28. The minimum atomic E-state index is -1.42. The third kappa shape index (κ3) is 3.98. The van der Waals surface area contributed by atoms with E-state index >= 15 is 0 Å². The lowest BCUT2D eigenvalue weighted by atomic mass is 9.97. The monoisotopic (exact) mass is 402 g/mol. The molecule has 1 N–H and O–H groups in total. The number of ether oxygens (including phenoxy) is 1. The molecule has 4 heterocycles. The number of fused-ring (bicyclic) bond motifs is 1. The number of aryl methyl sites for hydroxylation is 1. The van der Waals surface area contributed by atoms with E-state index in [1.54, 1.807) is 34.9 Å². The van der Waals surface area contributed by atoms with Gasteiger partial charge in [0.05, 0.1) is 36.6 Å². The van der Waals surface area contributed by atoms with Crippen molar-refractivity contribution in [2.24, 2.45) is 13.0 Å². The molecule has 11 heteroatoms. The normalized spacial score (nSPS) is 19.5. The van der Waals surface area contributed by atoms with Gasteiger partial charge in [-0.25, -0.2) is 18.9 Å². The molecule has 3 aromatic rings. The third-order valence-corrected chi connectivity index (χ3v) is 4.91. The maximum absolute atomic E-state index is 15.0. The fourth-order valence-electron chi connectivity index (χ4n) is 3.51. The number of alkyl halides is 1. The van der Waals surface area contributed by atoms with Gasteiger partial charge in [0.25, 0.3) is 0 Å². The molecule has 1 aliphatic heterocycles. The molecule has 10 nitrogen and oxygen atoms in total. The Kier molecular flexibility index (Phi) is 5.28. The SMILES string of the molecule is CCOC(=O)N1CCCC(Cn2ncc3cnc(Nc4cnn(C)c4)nc32)C1F. The lowest BCUT2D eigenvalue weighted by Gasteiger charge is -2.35. The number of carbonyl (C=O) groups is 1. The quantitative estimate of drug-likeness (QED) is 0.654. The summed E-state index contributed by atoms with van der Waals surface area (Å²) in [5.74, 6) is 0.0156. The van der Waals surface area contributed by atoms with Crippen molar-refractivity contribution in [3.8, 4) is 0 Å². The van der Waals surface area contributed by atoms with Gasteiger partial charge in [0.15, 0.2) is 11.9 Å². The summed E-state index contributed by atoms with van der Waals surface area (Å²) >= 11 is 0. The fraction of sp³-hybridized carbons (Fsp3) is 0.500. The number of halogens is 1. The van der Waals surface area contributed by atoms with Crippen LogP contribution in [0.25, 0.3) is 11.0 Å². The van der Waals surface area contributed by atoms with Gasteiger partial charge in [-0.2, -0.15) is 15.2 Å². The second kappa shape index (κ2) is 8.02. The maximum atomic E-state index is 15.0.